The van der Waals surface area contributed by atoms with Crippen molar-refractivity contribution in [2.24, 2.45) is 40.9 Å². The fraction of sp³-hybridized carbons (Fsp3) is 0.927. The molecular weight excluding hydrogens is 682 g/mol. The van der Waals surface area contributed by atoms with Crippen LogP contribution in [0, 0.1) is 40.9 Å². The summed E-state index contributed by atoms with van der Waals surface area (Å²) in [4.78, 5) is 39.8. The smallest absolute Gasteiger partial charge is 0.306 e. The third kappa shape index (κ3) is 13.8. The maximum atomic E-state index is 13.1. The molecule has 0 aromatic rings. The molecule has 0 radical (unpaired) electrons. The number of ether oxygens (including phenoxy) is 8. The Morgan fingerprint density at radius 2 is 1.55 bits per heavy atom. The molecule has 15 atom stereocenters. The van der Waals surface area contributed by atoms with Crippen molar-refractivity contribution in [2.45, 2.75) is 170 Å². The third-order valence-electron chi connectivity index (χ3n) is 11.7. The van der Waals surface area contributed by atoms with Crippen LogP contribution in [0.25, 0.3) is 0 Å². The number of esters is 2. The second-order valence-electron chi connectivity index (χ2n) is 17.4. The standard InChI is InChI=1S/C41H75NO11/c1-23(2)17-32(18-24(3)26(5)21-43)38(36(47-16)25(4)19-33(45)48-27(6)22-46-15)53-40-39(51-31(10)44)35(42(13)14)37(30(9)50-40)52-34-20-41(11,12)28(7)29(8)49-34/h21,23-30,32,34-40H,17-20,22H2,1-16H3/t24-,25-,26?,27-,28?,29-,30-,32+,34+,35?,36+,37?,38+,39?,40+/m1/s1. The lowest BCUT2D eigenvalue weighted by atomic mass is 9.73. The molecule has 0 saturated carbocycles. The molecule has 2 aliphatic heterocycles. The second-order valence-corrected chi connectivity index (χ2v) is 17.4. The Bertz CT molecular complexity index is 1120. The van der Waals surface area contributed by atoms with Gasteiger partial charge in [-0.05, 0) is 82.7 Å². The van der Waals surface area contributed by atoms with Crippen LogP contribution in [0.1, 0.15) is 109 Å². The number of carbonyl (C=O) groups is 3. The average molecular weight is 758 g/mol. The molecule has 310 valence electrons. The van der Waals surface area contributed by atoms with E-state index in [9.17, 15) is 14.4 Å². The SMILES string of the molecule is COC[C@@H](C)OC(=O)C[C@@H](C)[C@H](OC)[C@@H](O[C@@H]1O[C@H](C)C(O[C@H]2CC(C)(C)C(C)[C@@H](C)O2)C(N(C)C)C1OC(C)=O)[C@@H](CC(C)C)C[C@@H](C)C(C)C=O. The van der Waals surface area contributed by atoms with Gasteiger partial charge >= 0.3 is 11.9 Å². The van der Waals surface area contributed by atoms with Crippen LogP contribution >= 0.6 is 0 Å². The molecule has 2 rings (SSSR count). The zero-order valence-corrected chi connectivity index (χ0v) is 35.8. The predicted octanol–water partition coefficient (Wildman–Crippen LogP) is 6.30. The Hall–Kier alpha value is -1.67. The van der Waals surface area contributed by atoms with Crippen molar-refractivity contribution in [1.82, 2.24) is 4.90 Å². The lowest BCUT2D eigenvalue weighted by Gasteiger charge is -2.51. The number of methoxy groups -OCH3 is 2. The maximum Gasteiger partial charge on any atom is 0.306 e. The van der Waals surface area contributed by atoms with Crippen LogP contribution in [0.5, 0.6) is 0 Å². The van der Waals surface area contributed by atoms with Crippen LogP contribution in [0.15, 0.2) is 0 Å². The first-order chi connectivity index (χ1) is 24.7. The monoisotopic (exact) mass is 758 g/mol. The maximum absolute atomic E-state index is 13.1. The number of hydrogen-bond donors (Lipinski definition) is 0. The summed E-state index contributed by atoms with van der Waals surface area (Å²) in [7, 11) is 7.05. The topological polar surface area (TPSA) is 128 Å². The fourth-order valence-corrected chi connectivity index (χ4v) is 8.13. The van der Waals surface area contributed by atoms with E-state index in [2.05, 4.69) is 48.5 Å². The normalized spacial score (nSPS) is 31.6. The van der Waals surface area contributed by atoms with Gasteiger partial charge in [0.15, 0.2) is 18.7 Å². The molecule has 5 unspecified atom stereocenters. The number of nitrogens with zero attached hydrogens (tertiary/aromatic N) is 1. The van der Waals surface area contributed by atoms with Gasteiger partial charge in [0.1, 0.15) is 18.5 Å². The van der Waals surface area contributed by atoms with Crippen LogP contribution in [0.4, 0.5) is 0 Å². The number of carbonyl (C=O) groups excluding carboxylic acids is 3. The van der Waals surface area contributed by atoms with E-state index < -0.39 is 61.2 Å². The van der Waals surface area contributed by atoms with Gasteiger partial charge in [0.05, 0.1) is 43.5 Å². The third-order valence-corrected chi connectivity index (χ3v) is 11.7. The van der Waals surface area contributed by atoms with Gasteiger partial charge in [-0.15, -0.1) is 0 Å². The molecule has 0 spiro atoms. The highest BCUT2D eigenvalue weighted by molar-refractivity contribution is 5.70. The second kappa shape index (κ2) is 21.6. The van der Waals surface area contributed by atoms with Gasteiger partial charge in [-0.2, -0.15) is 0 Å². The molecular formula is C41H75NO11. The lowest BCUT2D eigenvalue weighted by molar-refractivity contribution is -0.338. The van der Waals surface area contributed by atoms with Gasteiger partial charge in [0.2, 0.25) is 0 Å². The Balaban J connectivity index is 2.60. The van der Waals surface area contributed by atoms with E-state index in [-0.39, 0.29) is 60.1 Å². The van der Waals surface area contributed by atoms with Crippen molar-refractivity contribution in [2.75, 3.05) is 34.9 Å². The molecule has 0 aromatic heterocycles. The minimum Gasteiger partial charge on any atom is -0.460 e. The Kier molecular flexibility index (Phi) is 19.3. The Morgan fingerprint density at radius 3 is 2.06 bits per heavy atom. The summed E-state index contributed by atoms with van der Waals surface area (Å²) in [6, 6.07) is -0.456. The highest BCUT2D eigenvalue weighted by atomic mass is 16.7. The first-order valence-corrected chi connectivity index (χ1v) is 19.8. The average Bonchev–Trinajstić information content (AvgIpc) is 3.03. The Labute approximate surface area is 320 Å². The van der Waals surface area contributed by atoms with Crippen molar-refractivity contribution < 1.29 is 52.3 Å². The molecule has 0 aromatic carbocycles. The zero-order valence-electron chi connectivity index (χ0n) is 35.8. The highest BCUT2D eigenvalue weighted by Gasteiger charge is 2.52. The molecule has 0 bridgehead atoms. The van der Waals surface area contributed by atoms with Gasteiger partial charge < -0.3 is 47.6 Å². The molecule has 2 saturated heterocycles. The van der Waals surface area contributed by atoms with E-state index in [1.165, 1.54) is 6.92 Å². The van der Waals surface area contributed by atoms with Crippen LogP contribution in [-0.4, -0.2) is 119 Å². The van der Waals surface area contributed by atoms with Crippen LogP contribution in [-0.2, 0) is 52.3 Å². The Morgan fingerprint density at radius 1 is 0.906 bits per heavy atom. The van der Waals surface area contributed by atoms with Gasteiger partial charge in [0, 0.05) is 33.5 Å². The van der Waals surface area contributed by atoms with Gasteiger partial charge in [-0.3, -0.25) is 9.59 Å². The summed E-state index contributed by atoms with van der Waals surface area (Å²) in [5.74, 6) is -0.770. The van der Waals surface area contributed by atoms with E-state index in [1.807, 2.05) is 39.8 Å². The minimum atomic E-state index is -0.999. The summed E-state index contributed by atoms with van der Waals surface area (Å²) in [5.41, 5.74) is -0.00707. The van der Waals surface area contributed by atoms with Crippen LogP contribution < -0.4 is 0 Å². The van der Waals surface area contributed by atoms with Crippen LogP contribution in [0.3, 0.4) is 0 Å². The zero-order chi connectivity index (χ0) is 40.4. The van der Waals surface area contributed by atoms with E-state index >= 15 is 0 Å². The quantitative estimate of drug-likeness (QED) is 0.0963. The lowest BCUT2D eigenvalue weighted by Crippen LogP contribution is -2.66. The molecule has 2 heterocycles. The van der Waals surface area contributed by atoms with E-state index in [0.29, 0.717) is 18.8 Å². The molecule has 0 amide bonds. The summed E-state index contributed by atoms with van der Waals surface area (Å²) in [6.45, 7) is 24.4. The van der Waals surface area contributed by atoms with E-state index in [1.54, 1.807) is 21.1 Å². The predicted molar refractivity (Wildman–Crippen MR) is 203 cm³/mol. The minimum absolute atomic E-state index is 0.00173. The summed E-state index contributed by atoms with van der Waals surface area (Å²) in [6.07, 6.45) is -1.72. The van der Waals surface area contributed by atoms with Crippen molar-refractivity contribution >= 4 is 18.2 Å². The summed E-state index contributed by atoms with van der Waals surface area (Å²) in [5, 5.41) is 0. The van der Waals surface area contributed by atoms with Gasteiger partial charge in [-0.25, -0.2) is 0 Å². The van der Waals surface area contributed by atoms with Crippen molar-refractivity contribution in [3.63, 3.8) is 0 Å². The number of likely N-dealkylation sites (N-methyl/N-ethyl adjacent to an activating group) is 1. The number of rotatable bonds is 21. The summed E-state index contributed by atoms with van der Waals surface area (Å²) < 4.78 is 50.1. The highest BCUT2D eigenvalue weighted by Crippen LogP contribution is 2.43. The van der Waals surface area contributed by atoms with Crippen molar-refractivity contribution in [3.05, 3.63) is 0 Å². The summed E-state index contributed by atoms with van der Waals surface area (Å²) >= 11 is 0. The van der Waals surface area contributed by atoms with E-state index in [0.717, 1.165) is 12.7 Å². The van der Waals surface area contributed by atoms with Crippen molar-refractivity contribution in [1.29, 1.82) is 0 Å². The number of hydrogen-bond acceptors (Lipinski definition) is 12. The first-order valence-electron chi connectivity index (χ1n) is 19.8. The molecule has 12 nitrogen and oxygen atoms in total. The first kappa shape index (κ1) is 47.5. The molecule has 12 heteroatoms. The largest absolute Gasteiger partial charge is 0.460 e. The number of aldehydes is 1. The van der Waals surface area contributed by atoms with Gasteiger partial charge in [0.25, 0.3) is 0 Å². The van der Waals surface area contributed by atoms with Crippen LogP contribution in [0.2, 0.25) is 0 Å². The fourth-order valence-electron chi connectivity index (χ4n) is 8.13. The molecule has 53 heavy (non-hydrogen) atoms. The molecule has 0 aliphatic carbocycles. The van der Waals surface area contributed by atoms with Gasteiger partial charge in [-0.1, -0.05) is 55.4 Å². The van der Waals surface area contributed by atoms with E-state index in [4.69, 9.17) is 37.9 Å². The molecule has 0 N–H and O–H groups in total. The molecule has 2 fully saturated rings. The molecule has 2 aliphatic rings. The van der Waals surface area contributed by atoms with Crippen molar-refractivity contribution in [3.8, 4) is 0 Å².